The molecule has 66 valence electrons. The van der Waals surface area contributed by atoms with Crippen molar-refractivity contribution < 1.29 is 5.21 Å². The second-order valence-corrected chi connectivity index (χ2v) is 4.49. The Kier molecular flexibility index (Phi) is 2.42. The molecule has 0 aromatic carbocycles. The maximum atomic E-state index is 8.34. The van der Waals surface area contributed by atoms with E-state index in [0.717, 1.165) is 4.88 Å². The zero-order valence-corrected chi connectivity index (χ0v) is 8.31. The fraction of sp³-hybridized carbons (Fsp3) is 0. The van der Waals surface area contributed by atoms with E-state index >= 15 is 0 Å². The summed E-state index contributed by atoms with van der Waals surface area (Å²) in [5.41, 5.74) is 0. The highest BCUT2D eigenvalue weighted by atomic mass is 32.1. The fourth-order valence-corrected chi connectivity index (χ4v) is 2.74. The maximum absolute atomic E-state index is 8.34. The molecule has 0 saturated heterocycles. The highest BCUT2D eigenvalue weighted by Crippen LogP contribution is 2.30. The SMILES string of the molecule is O/N=C/c1ccc(-c2cccs2)s1. The molecule has 0 spiro atoms. The van der Waals surface area contributed by atoms with Crippen molar-refractivity contribution in [2.24, 2.45) is 5.16 Å². The van der Waals surface area contributed by atoms with Crippen molar-refractivity contribution in [3.8, 4) is 9.75 Å². The molecule has 0 bridgehead atoms. The minimum Gasteiger partial charge on any atom is -0.411 e. The van der Waals surface area contributed by atoms with Gasteiger partial charge in [-0.15, -0.1) is 22.7 Å². The van der Waals surface area contributed by atoms with Crippen molar-refractivity contribution in [2.45, 2.75) is 0 Å². The van der Waals surface area contributed by atoms with E-state index in [4.69, 9.17) is 5.21 Å². The molecule has 0 saturated carbocycles. The molecular formula is C9H7NOS2. The van der Waals surface area contributed by atoms with E-state index in [1.54, 1.807) is 22.7 Å². The van der Waals surface area contributed by atoms with E-state index in [1.807, 2.05) is 18.2 Å². The topological polar surface area (TPSA) is 32.6 Å². The normalized spacial score (nSPS) is 11.1. The molecule has 4 heteroatoms. The molecule has 2 heterocycles. The van der Waals surface area contributed by atoms with Crippen molar-refractivity contribution in [2.75, 3.05) is 0 Å². The van der Waals surface area contributed by atoms with Gasteiger partial charge in [0.1, 0.15) is 0 Å². The molecule has 0 atom stereocenters. The van der Waals surface area contributed by atoms with Crippen LogP contribution in [0.3, 0.4) is 0 Å². The van der Waals surface area contributed by atoms with Crippen molar-refractivity contribution >= 4 is 28.9 Å². The number of thiophene rings is 2. The average molecular weight is 209 g/mol. The molecule has 0 unspecified atom stereocenters. The van der Waals surface area contributed by atoms with Gasteiger partial charge >= 0.3 is 0 Å². The van der Waals surface area contributed by atoms with Gasteiger partial charge in [-0.3, -0.25) is 0 Å². The molecule has 1 N–H and O–H groups in total. The van der Waals surface area contributed by atoms with Gasteiger partial charge in [-0.05, 0) is 23.6 Å². The second-order valence-electron chi connectivity index (χ2n) is 2.42. The van der Waals surface area contributed by atoms with Gasteiger partial charge in [0.25, 0.3) is 0 Å². The molecule has 2 aromatic rings. The molecule has 0 radical (unpaired) electrons. The van der Waals surface area contributed by atoms with Gasteiger partial charge in [-0.1, -0.05) is 11.2 Å². The molecule has 13 heavy (non-hydrogen) atoms. The van der Waals surface area contributed by atoms with E-state index in [0.29, 0.717) is 0 Å². The zero-order chi connectivity index (χ0) is 9.10. The minimum absolute atomic E-state index is 0.964. The van der Waals surface area contributed by atoms with E-state index in [9.17, 15) is 0 Å². The third kappa shape index (κ3) is 1.79. The summed E-state index contributed by atoms with van der Waals surface area (Å²) < 4.78 is 0. The van der Waals surface area contributed by atoms with E-state index < -0.39 is 0 Å². The Morgan fingerprint density at radius 3 is 2.85 bits per heavy atom. The first kappa shape index (κ1) is 8.47. The number of hydrogen-bond acceptors (Lipinski definition) is 4. The third-order valence-electron chi connectivity index (χ3n) is 1.58. The lowest BCUT2D eigenvalue weighted by molar-refractivity contribution is 0.322. The Hall–Kier alpha value is -1.13. The number of oxime groups is 1. The first-order chi connectivity index (χ1) is 6.40. The summed E-state index contributed by atoms with van der Waals surface area (Å²) in [7, 11) is 0. The van der Waals surface area contributed by atoms with Crippen LogP contribution >= 0.6 is 22.7 Å². The number of nitrogens with zero attached hydrogens (tertiary/aromatic N) is 1. The van der Waals surface area contributed by atoms with Gasteiger partial charge in [-0.2, -0.15) is 0 Å². The molecule has 2 rings (SSSR count). The summed E-state index contributed by atoms with van der Waals surface area (Å²) >= 11 is 3.33. The predicted octanol–water partition coefficient (Wildman–Crippen LogP) is 3.28. The summed E-state index contributed by atoms with van der Waals surface area (Å²) in [5, 5.41) is 13.4. The summed E-state index contributed by atoms with van der Waals surface area (Å²) in [6.07, 6.45) is 1.45. The summed E-state index contributed by atoms with van der Waals surface area (Å²) in [6.45, 7) is 0. The maximum Gasteiger partial charge on any atom is 0.0833 e. The Balaban J connectivity index is 2.33. The molecule has 0 aliphatic carbocycles. The average Bonchev–Trinajstić information content (AvgIpc) is 2.70. The minimum atomic E-state index is 0.964. The first-order valence-electron chi connectivity index (χ1n) is 3.71. The van der Waals surface area contributed by atoms with Crippen LogP contribution in [0.5, 0.6) is 0 Å². The molecule has 0 aliphatic heterocycles. The van der Waals surface area contributed by atoms with Gasteiger partial charge in [-0.25, -0.2) is 0 Å². The first-order valence-corrected chi connectivity index (χ1v) is 5.41. The van der Waals surface area contributed by atoms with Crippen LogP contribution in [0.1, 0.15) is 4.88 Å². The Labute approximate surface area is 83.8 Å². The highest BCUT2D eigenvalue weighted by molar-refractivity contribution is 7.22. The van der Waals surface area contributed by atoms with Gasteiger partial charge in [0.05, 0.1) is 6.21 Å². The van der Waals surface area contributed by atoms with Crippen LogP contribution < -0.4 is 0 Å². The largest absolute Gasteiger partial charge is 0.411 e. The molecule has 2 nitrogen and oxygen atoms in total. The molecule has 0 aliphatic rings. The van der Waals surface area contributed by atoms with Crippen LogP contribution in [0.2, 0.25) is 0 Å². The quantitative estimate of drug-likeness (QED) is 0.459. The van der Waals surface area contributed by atoms with Crippen LogP contribution in [0.15, 0.2) is 34.8 Å². The highest BCUT2D eigenvalue weighted by Gasteiger charge is 2.01. The van der Waals surface area contributed by atoms with Gasteiger partial charge in [0.2, 0.25) is 0 Å². The van der Waals surface area contributed by atoms with Crippen LogP contribution in [0.4, 0.5) is 0 Å². The molecule has 0 amide bonds. The Morgan fingerprint density at radius 2 is 2.15 bits per heavy atom. The zero-order valence-electron chi connectivity index (χ0n) is 6.68. The molecular weight excluding hydrogens is 202 g/mol. The van der Waals surface area contributed by atoms with Gasteiger partial charge in [0, 0.05) is 14.6 Å². The monoisotopic (exact) mass is 209 g/mol. The number of hydrogen-bond donors (Lipinski definition) is 1. The second kappa shape index (κ2) is 3.72. The van der Waals surface area contributed by atoms with Crippen LogP contribution in [-0.4, -0.2) is 11.4 Å². The van der Waals surface area contributed by atoms with Gasteiger partial charge < -0.3 is 5.21 Å². The fourth-order valence-electron chi connectivity index (χ4n) is 1.03. The van der Waals surface area contributed by atoms with Crippen molar-refractivity contribution in [1.82, 2.24) is 0 Å². The van der Waals surface area contributed by atoms with E-state index in [-0.39, 0.29) is 0 Å². The van der Waals surface area contributed by atoms with Crippen LogP contribution in [0.25, 0.3) is 9.75 Å². The Bertz CT molecular complexity index is 403. The van der Waals surface area contributed by atoms with Crippen molar-refractivity contribution in [1.29, 1.82) is 0 Å². The predicted molar refractivity (Wildman–Crippen MR) is 57.0 cm³/mol. The Morgan fingerprint density at radius 1 is 1.23 bits per heavy atom. The smallest absolute Gasteiger partial charge is 0.0833 e. The molecule has 2 aromatic heterocycles. The third-order valence-corrected chi connectivity index (χ3v) is 3.66. The lowest BCUT2D eigenvalue weighted by Crippen LogP contribution is -1.67. The van der Waals surface area contributed by atoms with Crippen LogP contribution in [0, 0.1) is 0 Å². The standard InChI is InChI=1S/C9H7NOS2/c11-10-6-7-3-4-9(13-7)8-2-1-5-12-8/h1-6,11H/b10-6+. The van der Waals surface area contributed by atoms with Crippen molar-refractivity contribution in [3.63, 3.8) is 0 Å². The summed E-state index contributed by atoms with van der Waals surface area (Å²) in [5.74, 6) is 0. The van der Waals surface area contributed by atoms with Crippen molar-refractivity contribution in [3.05, 3.63) is 34.5 Å². The summed E-state index contributed by atoms with van der Waals surface area (Å²) in [6, 6.07) is 8.09. The number of rotatable bonds is 2. The lowest BCUT2D eigenvalue weighted by atomic mass is 10.4. The van der Waals surface area contributed by atoms with E-state index in [1.165, 1.54) is 16.0 Å². The van der Waals surface area contributed by atoms with Crippen LogP contribution in [-0.2, 0) is 0 Å². The molecule has 0 fully saturated rings. The lowest BCUT2D eigenvalue weighted by Gasteiger charge is -1.86. The summed E-state index contributed by atoms with van der Waals surface area (Å²) in [4.78, 5) is 3.43. The van der Waals surface area contributed by atoms with E-state index in [2.05, 4.69) is 16.6 Å². The van der Waals surface area contributed by atoms with Gasteiger partial charge in [0.15, 0.2) is 0 Å².